The van der Waals surface area contributed by atoms with Crippen LogP contribution in [0.1, 0.15) is 106 Å². The number of allylic oxidation sites excluding steroid dienone is 3. The number of carboxylic acid groups (broad SMARTS) is 1. The summed E-state index contributed by atoms with van der Waals surface area (Å²) >= 11 is 0. The normalized spacial score (nSPS) is 50.5. The molecule has 0 aromatic carbocycles. The van der Waals surface area contributed by atoms with Gasteiger partial charge in [0.25, 0.3) is 0 Å². The predicted octanol–water partition coefficient (Wildman–Crippen LogP) is 8.28. The molecule has 0 unspecified atom stereocenters. The van der Waals surface area contributed by atoms with Crippen LogP contribution in [0.3, 0.4) is 0 Å². The lowest BCUT2D eigenvalue weighted by Crippen LogP contribution is -2.61. The summed E-state index contributed by atoms with van der Waals surface area (Å²) in [7, 11) is 0. The Bertz CT molecular complexity index is 825. The summed E-state index contributed by atoms with van der Waals surface area (Å²) in [4.78, 5) is 11.6. The van der Waals surface area contributed by atoms with Gasteiger partial charge in [0.05, 0.1) is 0 Å². The van der Waals surface area contributed by atoms with Gasteiger partial charge in [0.15, 0.2) is 0 Å². The highest BCUT2D eigenvalue weighted by molar-refractivity contribution is 5.66. The van der Waals surface area contributed by atoms with E-state index in [-0.39, 0.29) is 22.7 Å². The average Bonchev–Trinajstić information content (AvgIpc) is 2.70. The van der Waals surface area contributed by atoms with Gasteiger partial charge in [-0.25, -0.2) is 0 Å². The van der Waals surface area contributed by atoms with Crippen molar-refractivity contribution in [2.45, 2.75) is 106 Å². The minimum absolute atomic E-state index is 0.00842. The Hall–Kier alpha value is -1.05. The Morgan fingerprint density at radius 2 is 1.78 bits per heavy atom. The standard InChI is InChI=1S/C30H48O2/c1-19(2)22-12-16-30(8)24(28(22,6)15-13-25(31)32)10-9-23-26-21(4)20(3)11-14-27(26,5)17-18-29(23,30)7/h9,20-22,24,26H,1,10-18H2,2-8H3,(H,31,32)/t20-,21-,22+,24-,26-,27-,28+,29-,30-/m1/s1. The Kier molecular flexibility index (Phi) is 5.83. The highest BCUT2D eigenvalue weighted by Gasteiger charge is 2.65. The zero-order valence-corrected chi connectivity index (χ0v) is 21.9. The van der Waals surface area contributed by atoms with E-state index in [4.69, 9.17) is 0 Å². The first-order valence-corrected chi connectivity index (χ1v) is 13.4. The lowest BCUT2D eigenvalue weighted by molar-refractivity contribution is -0.150. The molecule has 2 heteroatoms. The smallest absolute Gasteiger partial charge is 0.303 e. The third kappa shape index (κ3) is 3.21. The minimum Gasteiger partial charge on any atom is -0.481 e. The van der Waals surface area contributed by atoms with Gasteiger partial charge >= 0.3 is 5.97 Å². The minimum atomic E-state index is -0.657. The van der Waals surface area contributed by atoms with Crippen LogP contribution in [0.15, 0.2) is 23.8 Å². The Morgan fingerprint density at radius 1 is 1.09 bits per heavy atom. The van der Waals surface area contributed by atoms with Gasteiger partial charge in [-0.15, -0.1) is 0 Å². The van der Waals surface area contributed by atoms with Crippen molar-refractivity contribution in [3.8, 4) is 0 Å². The topological polar surface area (TPSA) is 37.3 Å². The molecule has 0 amide bonds. The van der Waals surface area contributed by atoms with Crippen molar-refractivity contribution in [1.82, 2.24) is 0 Å². The summed E-state index contributed by atoms with van der Waals surface area (Å²) < 4.78 is 0. The summed E-state index contributed by atoms with van der Waals surface area (Å²) in [5.41, 5.74) is 3.98. The van der Waals surface area contributed by atoms with Crippen molar-refractivity contribution in [3.05, 3.63) is 23.8 Å². The lowest BCUT2D eigenvalue weighted by Gasteiger charge is -2.69. The van der Waals surface area contributed by atoms with Gasteiger partial charge in [0.2, 0.25) is 0 Å². The molecule has 4 rings (SSSR count). The van der Waals surface area contributed by atoms with Crippen LogP contribution in [0.4, 0.5) is 0 Å². The molecular formula is C30H48O2. The van der Waals surface area contributed by atoms with Gasteiger partial charge in [0, 0.05) is 6.42 Å². The number of aliphatic carboxylic acids is 1. The molecule has 180 valence electrons. The van der Waals surface area contributed by atoms with Gasteiger partial charge in [-0.1, -0.05) is 65.3 Å². The van der Waals surface area contributed by atoms with Crippen LogP contribution in [-0.2, 0) is 4.79 Å². The van der Waals surface area contributed by atoms with Crippen molar-refractivity contribution in [2.75, 3.05) is 0 Å². The third-order valence-electron chi connectivity index (χ3n) is 12.1. The second-order valence-corrected chi connectivity index (χ2v) is 13.5. The molecule has 3 fully saturated rings. The van der Waals surface area contributed by atoms with Crippen LogP contribution in [-0.4, -0.2) is 11.1 Å². The molecule has 0 aromatic rings. The maximum atomic E-state index is 11.6. The molecule has 0 heterocycles. The number of carboxylic acids is 1. The molecule has 9 atom stereocenters. The van der Waals surface area contributed by atoms with E-state index < -0.39 is 5.97 Å². The summed E-state index contributed by atoms with van der Waals surface area (Å²) in [6.07, 6.45) is 12.7. The first-order valence-electron chi connectivity index (χ1n) is 13.4. The number of hydrogen-bond acceptors (Lipinski definition) is 1. The maximum Gasteiger partial charge on any atom is 0.303 e. The SMILES string of the molecule is C=C(C)[C@@H]1CC[C@]2(C)[C@H](CC=C3[C@H]4[C@H](C)[C@H](C)CC[C@]4(C)CC[C@]32C)[C@@]1(C)CCC(=O)O. The molecule has 4 aliphatic rings. The zero-order valence-electron chi connectivity index (χ0n) is 21.9. The van der Waals surface area contributed by atoms with Crippen LogP contribution in [0.25, 0.3) is 0 Å². The van der Waals surface area contributed by atoms with Gasteiger partial charge in [-0.05, 0) is 110 Å². The molecule has 32 heavy (non-hydrogen) atoms. The highest BCUT2D eigenvalue weighted by Crippen LogP contribution is 2.74. The number of hydrogen-bond donors (Lipinski definition) is 1. The van der Waals surface area contributed by atoms with Crippen molar-refractivity contribution in [1.29, 1.82) is 0 Å². The molecular weight excluding hydrogens is 392 g/mol. The summed E-state index contributed by atoms with van der Waals surface area (Å²) in [6, 6.07) is 0. The predicted molar refractivity (Wildman–Crippen MR) is 133 cm³/mol. The van der Waals surface area contributed by atoms with Crippen LogP contribution in [0, 0.1) is 51.2 Å². The second kappa shape index (κ2) is 7.74. The van der Waals surface area contributed by atoms with E-state index in [0.717, 1.165) is 31.1 Å². The van der Waals surface area contributed by atoms with Gasteiger partial charge in [-0.2, -0.15) is 0 Å². The van der Waals surface area contributed by atoms with Crippen molar-refractivity contribution >= 4 is 5.97 Å². The van der Waals surface area contributed by atoms with E-state index in [2.05, 4.69) is 61.1 Å². The van der Waals surface area contributed by atoms with Crippen molar-refractivity contribution in [3.63, 3.8) is 0 Å². The first-order chi connectivity index (χ1) is 14.8. The fourth-order valence-corrected chi connectivity index (χ4v) is 9.76. The molecule has 4 aliphatic carbocycles. The monoisotopic (exact) mass is 440 g/mol. The van der Waals surface area contributed by atoms with Gasteiger partial charge in [-0.3, -0.25) is 4.79 Å². The second-order valence-electron chi connectivity index (χ2n) is 13.5. The fraction of sp³-hybridized carbons (Fsp3) is 0.833. The largest absolute Gasteiger partial charge is 0.481 e. The first kappa shape index (κ1) is 24.1. The van der Waals surface area contributed by atoms with Gasteiger partial charge in [0.1, 0.15) is 0 Å². The van der Waals surface area contributed by atoms with Crippen LogP contribution in [0.2, 0.25) is 0 Å². The Labute approximate surface area is 197 Å². The molecule has 0 aliphatic heterocycles. The third-order valence-corrected chi connectivity index (χ3v) is 12.1. The van der Waals surface area contributed by atoms with Crippen LogP contribution >= 0.6 is 0 Å². The molecule has 0 spiro atoms. The molecule has 0 aromatic heterocycles. The zero-order chi connectivity index (χ0) is 23.7. The van der Waals surface area contributed by atoms with E-state index >= 15 is 0 Å². The summed E-state index contributed by atoms with van der Waals surface area (Å²) in [5, 5.41) is 9.56. The van der Waals surface area contributed by atoms with E-state index in [9.17, 15) is 9.90 Å². The molecule has 0 saturated heterocycles. The summed E-state index contributed by atoms with van der Waals surface area (Å²) in [6.45, 7) is 21.8. The van der Waals surface area contributed by atoms with Crippen molar-refractivity contribution < 1.29 is 9.90 Å². The molecule has 2 nitrogen and oxygen atoms in total. The maximum absolute atomic E-state index is 11.6. The Balaban J connectivity index is 1.80. The number of rotatable bonds is 4. The van der Waals surface area contributed by atoms with Gasteiger partial charge < -0.3 is 5.11 Å². The molecule has 0 bridgehead atoms. The number of carbonyl (C=O) groups is 1. The van der Waals surface area contributed by atoms with E-state index in [0.29, 0.717) is 23.2 Å². The van der Waals surface area contributed by atoms with E-state index in [1.165, 1.54) is 37.7 Å². The average molecular weight is 441 g/mol. The fourth-order valence-electron chi connectivity index (χ4n) is 9.76. The number of fused-ring (bicyclic) bond motifs is 5. The van der Waals surface area contributed by atoms with Crippen molar-refractivity contribution in [2.24, 2.45) is 51.2 Å². The highest BCUT2D eigenvalue weighted by atomic mass is 16.4. The quantitative estimate of drug-likeness (QED) is 0.446. The molecule has 1 N–H and O–H groups in total. The van der Waals surface area contributed by atoms with E-state index in [1.54, 1.807) is 5.57 Å². The van der Waals surface area contributed by atoms with Crippen LogP contribution < -0.4 is 0 Å². The summed E-state index contributed by atoms with van der Waals surface area (Å²) in [5.74, 6) is 2.58. The van der Waals surface area contributed by atoms with Crippen LogP contribution in [0.5, 0.6) is 0 Å². The van der Waals surface area contributed by atoms with E-state index in [1.807, 2.05) is 0 Å². The molecule has 0 radical (unpaired) electrons. The Morgan fingerprint density at radius 3 is 2.41 bits per heavy atom. The lowest BCUT2D eigenvalue weighted by atomic mass is 9.35. The molecule has 3 saturated carbocycles.